The van der Waals surface area contributed by atoms with Crippen LogP contribution in [0.5, 0.6) is 0 Å². The molecule has 0 unspecified atom stereocenters. The van der Waals surface area contributed by atoms with Gasteiger partial charge >= 0.3 is 0 Å². The van der Waals surface area contributed by atoms with Crippen molar-refractivity contribution in [3.8, 4) is 11.4 Å². The average molecular weight is 402 g/mol. The molecule has 3 aromatic rings. The first-order valence-corrected chi connectivity index (χ1v) is 10.9. The molecule has 1 saturated heterocycles. The minimum Gasteiger partial charge on any atom is -0.355 e. The summed E-state index contributed by atoms with van der Waals surface area (Å²) in [5.41, 5.74) is 3.21. The van der Waals surface area contributed by atoms with Crippen LogP contribution in [0.4, 0.5) is 5.82 Å². The van der Waals surface area contributed by atoms with Crippen molar-refractivity contribution in [1.29, 1.82) is 0 Å². The van der Waals surface area contributed by atoms with E-state index in [4.69, 9.17) is 4.98 Å². The molecular weight excluding hydrogens is 374 g/mol. The molecule has 5 heterocycles. The van der Waals surface area contributed by atoms with Gasteiger partial charge in [-0.05, 0) is 43.9 Å². The van der Waals surface area contributed by atoms with Gasteiger partial charge in [-0.1, -0.05) is 19.4 Å². The van der Waals surface area contributed by atoms with Crippen LogP contribution < -0.4 is 10.5 Å². The predicted molar refractivity (Wildman–Crippen MR) is 118 cm³/mol. The quantitative estimate of drug-likeness (QED) is 0.662. The van der Waals surface area contributed by atoms with Crippen molar-refractivity contribution < 1.29 is 0 Å². The number of aryl methyl sites for hydroxylation is 1. The van der Waals surface area contributed by atoms with Gasteiger partial charge in [0.1, 0.15) is 5.82 Å². The van der Waals surface area contributed by atoms with E-state index in [1.165, 1.54) is 5.69 Å². The van der Waals surface area contributed by atoms with Crippen molar-refractivity contribution in [3.63, 3.8) is 0 Å². The maximum Gasteiger partial charge on any atom is 0.250 e. The Morgan fingerprint density at radius 1 is 1.13 bits per heavy atom. The molecular formula is C24H27N5O. The summed E-state index contributed by atoms with van der Waals surface area (Å²) in [5.74, 6) is 2.49. The lowest BCUT2D eigenvalue weighted by molar-refractivity contribution is 0.201. The molecule has 0 aromatic carbocycles. The van der Waals surface area contributed by atoms with Gasteiger partial charge in [-0.15, -0.1) is 0 Å². The molecule has 3 atom stereocenters. The van der Waals surface area contributed by atoms with E-state index in [1.807, 2.05) is 31.3 Å². The highest BCUT2D eigenvalue weighted by atomic mass is 16.1. The molecule has 0 spiro atoms. The summed E-state index contributed by atoms with van der Waals surface area (Å²) < 4.78 is 2.09. The molecule has 0 radical (unpaired) electrons. The zero-order chi connectivity index (χ0) is 20.7. The number of fused-ring (bicyclic) bond motifs is 4. The van der Waals surface area contributed by atoms with E-state index in [0.717, 1.165) is 55.3 Å². The summed E-state index contributed by atoms with van der Waals surface area (Å²) >= 11 is 0. The topological polar surface area (TPSA) is 63.9 Å². The first-order chi connectivity index (χ1) is 14.6. The van der Waals surface area contributed by atoms with Gasteiger partial charge in [0.25, 0.3) is 5.56 Å². The standard InChI is InChI=1S/C24H27N5O/c1-3-6-20-18-12-19(21-8-4-9-23(30)29(20)21)15-28(14-18)22-11-16(2)26-24(27-22)17-7-5-10-25-13-17/h4-5,7-11,13,18-20H,3,6,12,14-15H2,1-2H3/t18-,19+,20-/m0/s1. The second-order valence-corrected chi connectivity index (χ2v) is 8.55. The summed E-state index contributed by atoms with van der Waals surface area (Å²) in [5, 5.41) is 0. The Labute approximate surface area is 176 Å². The molecule has 154 valence electrons. The maximum atomic E-state index is 12.7. The molecule has 0 aliphatic carbocycles. The van der Waals surface area contributed by atoms with Gasteiger partial charge in [-0.2, -0.15) is 0 Å². The van der Waals surface area contributed by atoms with Crippen LogP contribution in [0.2, 0.25) is 0 Å². The lowest BCUT2D eigenvalue weighted by Gasteiger charge is -2.47. The van der Waals surface area contributed by atoms with Crippen LogP contribution in [-0.2, 0) is 0 Å². The predicted octanol–water partition coefficient (Wildman–Crippen LogP) is 3.97. The monoisotopic (exact) mass is 401 g/mol. The first-order valence-electron chi connectivity index (χ1n) is 10.9. The second kappa shape index (κ2) is 7.67. The van der Waals surface area contributed by atoms with Crippen molar-refractivity contribution in [3.05, 3.63) is 70.5 Å². The zero-order valence-corrected chi connectivity index (χ0v) is 17.5. The fourth-order valence-corrected chi connectivity index (χ4v) is 5.23. The molecule has 0 N–H and O–H groups in total. The smallest absolute Gasteiger partial charge is 0.250 e. The highest BCUT2D eigenvalue weighted by Gasteiger charge is 2.40. The normalized spacial score (nSPS) is 22.6. The Bertz CT molecular complexity index is 1110. The van der Waals surface area contributed by atoms with Crippen molar-refractivity contribution in [1.82, 2.24) is 19.5 Å². The van der Waals surface area contributed by atoms with Gasteiger partial charge in [0.05, 0.1) is 0 Å². The maximum absolute atomic E-state index is 12.7. The molecule has 6 nitrogen and oxygen atoms in total. The SMILES string of the molecule is CCC[C@H]1[C@H]2C[C@H](CN(c3cc(C)nc(-c4cccnc4)n3)C2)c2cccc(=O)n21. The van der Waals surface area contributed by atoms with Crippen molar-refractivity contribution in [2.24, 2.45) is 5.92 Å². The van der Waals surface area contributed by atoms with E-state index in [-0.39, 0.29) is 11.6 Å². The highest BCUT2D eigenvalue weighted by Crippen LogP contribution is 2.43. The molecule has 1 fully saturated rings. The van der Waals surface area contributed by atoms with E-state index in [9.17, 15) is 4.79 Å². The third kappa shape index (κ3) is 3.30. The van der Waals surface area contributed by atoms with Crippen molar-refractivity contribution in [2.45, 2.75) is 45.1 Å². The molecule has 2 aliphatic rings. The van der Waals surface area contributed by atoms with Gasteiger partial charge < -0.3 is 9.47 Å². The van der Waals surface area contributed by atoms with E-state index < -0.39 is 0 Å². The van der Waals surface area contributed by atoms with Crippen LogP contribution in [-0.4, -0.2) is 32.6 Å². The molecule has 2 aliphatic heterocycles. The fraction of sp³-hybridized carbons (Fsp3) is 0.417. The van der Waals surface area contributed by atoms with Gasteiger partial charge in [0, 0.05) is 66.5 Å². The summed E-state index contributed by atoms with van der Waals surface area (Å²) in [6, 6.07) is 12.0. The molecule has 3 aromatic heterocycles. The Morgan fingerprint density at radius 2 is 2.03 bits per heavy atom. The summed E-state index contributed by atoms with van der Waals surface area (Å²) in [7, 11) is 0. The van der Waals surface area contributed by atoms with Crippen LogP contribution >= 0.6 is 0 Å². The van der Waals surface area contributed by atoms with E-state index in [2.05, 4.69) is 38.5 Å². The highest BCUT2D eigenvalue weighted by molar-refractivity contribution is 5.57. The Hall–Kier alpha value is -3.02. The summed E-state index contributed by atoms with van der Waals surface area (Å²) in [6.07, 6.45) is 6.82. The van der Waals surface area contributed by atoms with Gasteiger partial charge in [0.2, 0.25) is 0 Å². The van der Waals surface area contributed by atoms with Gasteiger partial charge in [0.15, 0.2) is 5.82 Å². The Balaban J connectivity index is 1.53. The Kier molecular flexibility index (Phi) is 4.85. The molecule has 6 heteroatoms. The molecule has 30 heavy (non-hydrogen) atoms. The van der Waals surface area contributed by atoms with Crippen molar-refractivity contribution >= 4 is 5.82 Å². The fourth-order valence-electron chi connectivity index (χ4n) is 5.23. The van der Waals surface area contributed by atoms with Crippen molar-refractivity contribution in [2.75, 3.05) is 18.0 Å². The van der Waals surface area contributed by atoms with Crippen LogP contribution in [0.25, 0.3) is 11.4 Å². The minimum atomic E-state index is 0.144. The Morgan fingerprint density at radius 3 is 2.83 bits per heavy atom. The molecule has 0 amide bonds. The number of aromatic nitrogens is 4. The van der Waals surface area contributed by atoms with E-state index >= 15 is 0 Å². The van der Waals surface area contributed by atoms with Crippen LogP contribution in [0.1, 0.15) is 49.5 Å². The largest absolute Gasteiger partial charge is 0.355 e. The van der Waals surface area contributed by atoms with Crippen LogP contribution in [0, 0.1) is 12.8 Å². The van der Waals surface area contributed by atoms with Gasteiger partial charge in [-0.3, -0.25) is 9.78 Å². The second-order valence-electron chi connectivity index (χ2n) is 8.55. The zero-order valence-electron chi connectivity index (χ0n) is 17.5. The lowest BCUT2D eigenvalue weighted by atomic mass is 9.77. The van der Waals surface area contributed by atoms with Gasteiger partial charge in [-0.25, -0.2) is 9.97 Å². The molecule has 2 bridgehead atoms. The molecule has 0 saturated carbocycles. The van der Waals surface area contributed by atoms with E-state index in [1.54, 1.807) is 12.3 Å². The van der Waals surface area contributed by atoms with Crippen LogP contribution in [0.3, 0.4) is 0 Å². The minimum absolute atomic E-state index is 0.144. The third-order valence-electron chi connectivity index (χ3n) is 6.47. The first kappa shape index (κ1) is 19.0. The van der Waals surface area contributed by atoms with Crippen LogP contribution in [0.15, 0.2) is 53.6 Å². The number of pyridine rings is 2. The number of nitrogens with zero attached hydrogens (tertiary/aromatic N) is 5. The third-order valence-corrected chi connectivity index (χ3v) is 6.47. The number of hydrogen-bond acceptors (Lipinski definition) is 5. The number of piperidine rings is 1. The summed E-state index contributed by atoms with van der Waals surface area (Å²) in [4.78, 5) is 28.9. The van der Waals surface area contributed by atoms with E-state index in [0.29, 0.717) is 11.8 Å². The summed E-state index contributed by atoms with van der Waals surface area (Å²) in [6.45, 7) is 6.02. The lowest BCUT2D eigenvalue weighted by Crippen LogP contribution is -2.49. The number of anilines is 1. The number of hydrogen-bond donors (Lipinski definition) is 0. The molecule has 5 rings (SSSR count). The average Bonchev–Trinajstić information content (AvgIpc) is 2.77. The number of rotatable bonds is 4.